The summed E-state index contributed by atoms with van der Waals surface area (Å²) < 4.78 is 10.6. The summed E-state index contributed by atoms with van der Waals surface area (Å²) in [6, 6.07) is 3.08. The highest BCUT2D eigenvalue weighted by molar-refractivity contribution is 5.98. The Kier molecular flexibility index (Phi) is 10.4. The second-order valence-corrected chi connectivity index (χ2v) is 11.8. The number of carbonyl (C=O) groups is 4. The summed E-state index contributed by atoms with van der Waals surface area (Å²) in [7, 11) is 1.51. The number of allylic oxidation sites excluding steroid dienone is 1. The fourth-order valence-electron chi connectivity index (χ4n) is 5.57. The Balaban J connectivity index is 1.50. The molecular weight excluding hydrogens is 542 g/mol. The number of nitrogens with one attached hydrogen (secondary N) is 3. The highest BCUT2D eigenvalue weighted by Gasteiger charge is 2.50. The molecule has 1 saturated heterocycles. The lowest BCUT2D eigenvalue weighted by atomic mass is 9.87. The largest absolute Gasteiger partial charge is 0.497 e. The van der Waals surface area contributed by atoms with Crippen molar-refractivity contribution in [2.75, 3.05) is 13.7 Å². The molecular formula is C31H43N3O8. The summed E-state index contributed by atoms with van der Waals surface area (Å²) in [4.78, 5) is 53.1. The van der Waals surface area contributed by atoms with Crippen molar-refractivity contribution in [2.24, 2.45) is 5.92 Å². The van der Waals surface area contributed by atoms with E-state index in [1.807, 2.05) is 0 Å². The molecule has 2 aliphatic carbocycles. The van der Waals surface area contributed by atoms with Crippen LogP contribution in [0.25, 0.3) is 0 Å². The average molecular weight is 586 g/mol. The van der Waals surface area contributed by atoms with Gasteiger partial charge < -0.3 is 35.6 Å². The van der Waals surface area contributed by atoms with Crippen molar-refractivity contribution in [3.05, 3.63) is 41.5 Å². The van der Waals surface area contributed by atoms with Crippen LogP contribution < -0.4 is 20.7 Å². The monoisotopic (exact) mass is 585 g/mol. The van der Waals surface area contributed by atoms with Crippen LogP contribution in [-0.2, 0) is 23.9 Å². The van der Waals surface area contributed by atoms with E-state index in [2.05, 4.69) is 22.0 Å². The molecule has 42 heavy (non-hydrogen) atoms. The Labute approximate surface area is 246 Å². The molecule has 230 valence electrons. The van der Waals surface area contributed by atoms with E-state index in [1.54, 1.807) is 31.2 Å². The molecule has 3 amide bonds. The summed E-state index contributed by atoms with van der Waals surface area (Å²) in [6.07, 6.45) is 5.36. The average Bonchev–Trinajstić information content (AvgIpc) is 3.53. The van der Waals surface area contributed by atoms with Crippen molar-refractivity contribution in [1.82, 2.24) is 16.0 Å². The normalized spacial score (nSPS) is 26.2. The zero-order valence-electron chi connectivity index (χ0n) is 24.6. The molecule has 1 aromatic carbocycles. The van der Waals surface area contributed by atoms with Crippen molar-refractivity contribution in [3.8, 4) is 5.75 Å². The molecule has 1 saturated carbocycles. The van der Waals surface area contributed by atoms with Gasteiger partial charge in [0.05, 0.1) is 25.9 Å². The van der Waals surface area contributed by atoms with Gasteiger partial charge >= 0.3 is 0 Å². The maximum Gasteiger partial charge on any atom is 0.246 e. The third-order valence-electron chi connectivity index (χ3n) is 8.51. The number of rotatable bonds is 13. The Hall–Kier alpha value is -3.28. The molecule has 1 aliphatic heterocycles. The van der Waals surface area contributed by atoms with Gasteiger partial charge in [-0.1, -0.05) is 23.8 Å². The predicted molar refractivity (Wildman–Crippen MR) is 153 cm³/mol. The van der Waals surface area contributed by atoms with Crippen molar-refractivity contribution < 1.29 is 38.9 Å². The topological polar surface area (TPSA) is 167 Å². The third kappa shape index (κ3) is 7.96. The number of hydrogen-bond donors (Lipinski definition) is 5. The van der Waals surface area contributed by atoms with Gasteiger partial charge in [0.25, 0.3) is 0 Å². The lowest BCUT2D eigenvalue weighted by Crippen LogP contribution is -2.58. The van der Waals surface area contributed by atoms with E-state index in [1.165, 1.54) is 14.0 Å². The first-order valence-electron chi connectivity index (χ1n) is 14.8. The van der Waals surface area contributed by atoms with Crippen LogP contribution in [0.1, 0.15) is 76.9 Å². The first kappa shape index (κ1) is 31.7. The molecule has 3 aliphatic rings. The van der Waals surface area contributed by atoms with Crippen LogP contribution in [0.3, 0.4) is 0 Å². The SMILES string of the molecule is COc1ccc([C@@H](O)[C@H](NC(=O)[C@@H](C)NC(=O)[C@H]2CC[C@H](O)CC2)C(=O)N[C@@H](CC2=CCCC2)C(=O)[C@@]2(C)CO2)cc1. The van der Waals surface area contributed by atoms with Crippen LogP contribution >= 0.6 is 0 Å². The van der Waals surface area contributed by atoms with E-state index >= 15 is 0 Å². The molecule has 0 bridgehead atoms. The second kappa shape index (κ2) is 13.8. The second-order valence-electron chi connectivity index (χ2n) is 11.8. The van der Waals surface area contributed by atoms with Gasteiger partial charge in [-0.15, -0.1) is 0 Å². The molecule has 2 fully saturated rings. The Morgan fingerprint density at radius 1 is 1.05 bits per heavy atom. The number of methoxy groups -OCH3 is 1. The quantitative estimate of drug-likeness (QED) is 0.172. The summed E-state index contributed by atoms with van der Waals surface area (Å²) in [5, 5.41) is 29.1. The molecule has 11 nitrogen and oxygen atoms in total. The molecule has 4 rings (SSSR count). The number of amides is 3. The minimum Gasteiger partial charge on any atom is -0.497 e. The van der Waals surface area contributed by atoms with E-state index in [4.69, 9.17) is 9.47 Å². The standard InChI is InChI=1S/C31H43N3O8/c1-18(32-29(39)21-8-12-22(35)13-9-21)28(38)34-25(26(36)20-10-14-23(41-3)15-11-20)30(40)33-24(16-19-6-4-5-7-19)27(37)31(2)17-42-31/h6,10-11,14-15,18,21-22,24-26,35-36H,4-5,7-9,12-13,16-17H2,1-3H3,(H,32,39)(H,33,40)(H,34,38)/t18-,21-,22-,24+,25+,26-,31-/m1/s1. The van der Waals surface area contributed by atoms with Gasteiger partial charge in [-0.2, -0.15) is 0 Å². The Morgan fingerprint density at radius 2 is 1.71 bits per heavy atom. The summed E-state index contributed by atoms with van der Waals surface area (Å²) >= 11 is 0. The van der Waals surface area contributed by atoms with Crippen LogP contribution in [0.15, 0.2) is 35.9 Å². The number of ether oxygens (including phenoxy) is 2. The fraction of sp³-hybridized carbons (Fsp3) is 0.613. The number of aliphatic hydroxyl groups is 2. The molecule has 5 N–H and O–H groups in total. The molecule has 11 heteroatoms. The molecule has 0 unspecified atom stereocenters. The number of carbonyl (C=O) groups excluding carboxylic acids is 4. The molecule has 0 spiro atoms. The van der Waals surface area contributed by atoms with Gasteiger partial charge in [-0.3, -0.25) is 19.2 Å². The van der Waals surface area contributed by atoms with Gasteiger partial charge in [0, 0.05) is 5.92 Å². The number of hydrogen-bond acceptors (Lipinski definition) is 8. The van der Waals surface area contributed by atoms with Gasteiger partial charge in [0.15, 0.2) is 5.78 Å². The number of Topliss-reactive ketones (excluding diaryl/α,β-unsaturated/α-hetero) is 1. The zero-order chi connectivity index (χ0) is 30.4. The van der Waals surface area contributed by atoms with Crippen molar-refractivity contribution in [2.45, 2.75) is 101 Å². The van der Waals surface area contributed by atoms with Crippen molar-refractivity contribution in [3.63, 3.8) is 0 Å². The smallest absolute Gasteiger partial charge is 0.246 e. The van der Waals surface area contributed by atoms with Crippen molar-refractivity contribution in [1.29, 1.82) is 0 Å². The number of epoxide rings is 1. The van der Waals surface area contributed by atoms with Gasteiger partial charge in [-0.05, 0) is 82.9 Å². The molecule has 1 heterocycles. The van der Waals surface area contributed by atoms with Crippen molar-refractivity contribution >= 4 is 23.5 Å². The highest BCUT2D eigenvalue weighted by atomic mass is 16.6. The zero-order valence-corrected chi connectivity index (χ0v) is 24.6. The molecule has 0 radical (unpaired) electrons. The van der Waals surface area contributed by atoms with Crippen LogP contribution in [0.2, 0.25) is 0 Å². The van der Waals surface area contributed by atoms with Gasteiger partial charge in [-0.25, -0.2) is 0 Å². The molecule has 5 atom stereocenters. The Morgan fingerprint density at radius 3 is 2.29 bits per heavy atom. The van der Waals surface area contributed by atoms with E-state index < -0.39 is 47.7 Å². The maximum atomic E-state index is 13.7. The van der Waals surface area contributed by atoms with Gasteiger partial charge in [0.2, 0.25) is 17.7 Å². The first-order chi connectivity index (χ1) is 20.0. The third-order valence-corrected chi connectivity index (χ3v) is 8.51. The van der Waals surface area contributed by atoms with Crippen LogP contribution in [-0.4, -0.2) is 77.3 Å². The minimum absolute atomic E-state index is 0.258. The van der Waals surface area contributed by atoms with Crippen LogP contribution in [0.4, 0.5) is 0 Å². The van der Waals surface area contributed by atoms with E-state index in [0.29, 0.717) is 43.4 Å². The van der Waals surface area contributed by atoms with E-state index in [0.717, 1.165) is 24.8 Å². The molecule has 0 aromatic heterocycles. The number of aliphatic hydroxyl groups excluding tert-OH is 2. The van der Waals surface area contributed by atoms with Crippen LogP contribution in [0.5, 0.6) is 5.75 Å². The minimum atomic E-state index is -1.46. The van der Waals surface area contributed by atoms with Gasteiger partial charge in [0.1, 0.15) is 29.5 Å². The molecule has 1 aromatic rings. The summed E-state index contributed by atoms with van der Waals surface area (Å²) in [6.45, 7) is 3.45. The van der Waals surface area contributed by atoms with E-state index in [-0.39, 0.29) is 24.2 Å². The Bertz CT molecular complexity index is 1170. The van der Waals surface area contributed by atoms with E-state index in [9.17, 15) is 29.4 Å². The number of benzene rings is 1. The lowest BCUT2D eigenvalue weighted by Gasteiger charge is -2.29. The number of ketones is 1. The summed E-state index contributed by atoms with van der Waals surface area (Å²) in [5.41, 5.74) is 0.451. The fourth-order valence-corrected chi connectivity index (χ4v) is 5.57. The first-order valence-corrected chi connectivity index (χ1v) is 14.8. The maximum absolute atomic E-state index is 13.7. The predicted octanol–water partition coefficient (Wildman–Crippen LogP) is 1.61. The lowest BCUT2D eigenvalue weighted by molar-refractivity contribution is -0.136. The highest BCUT2D eigenvalue weighted by Crippen LogP contribution is 2.32. The summed E-state index contributed by atoms with van der Waals surface area (Å²) in [5.74, 6) is -1.70. The van der Waals surface area contributed by atoms with Crippen LogP contribution in [0, 0.1) is 5.92 Å².